The lowest BCUT2D eigenvalue weighted by Gasteiger charge is -2.12. The van der Waals surface area contributed by atoms with Gasteiger partial charge >= 0.3 is 0 Å². The van der Waals surface area contributed by atoms with Gasteiger partial charge in [-0.3, -0.25) is 0 Å². The normalized spacial score (nSPS) is 12.9. The van der Waals surface area contributed by atoms with Crippen molar-refractivity contribution in [3.8, 4) is 0 Å². The Morgan fingerprint density at radius 2 is 2.23 bits per heavy atom. The molecule has 0 aromatic heterocycles. The summed E-state index contributed by atoms with van der Waals surface area (Å²) >= 11 is 0. The van der Waals surface area contributed by atoms with Crippen molar-refractivity contribution >= 4 is 0 Å². The fourth-order valence-electron chi connectivity index (χ4n) is 1.23. The summed E-state index contributed by atoms with van der Waals surface area (Å²) in [5, 5.41) is 0. The van der Waals surface area contributed by atoms with Crippen LogP contribution in [0.4, 0.5) is 4.39 Å². The highest BCUT2D eigenvalue weighted by Gasteiger charge is 2.11. The van der Waals surface area contributed by atoms with E-state index < -0.39 is 0 Å². The monoisotopic (exact) mass is 183 g/mol. The van der Waals surface area contributed by atoms with Crippen molar-refractivity contribution in [1.29, 1.82) is 0 Å². The van der Waals surface area contributed by atoms with Crippen molar-refractivity contribution in [2.75, 3.05) is 13.7 Å². The first kappa shape index (κ1) is 10.2. The summed E-state index contributed by atoms with van der Waals surface area (Å²) in [4.78, 5) is 0. The zero-order chi connectivity index (χ0) is 9.84. The molecule has 1 aromatic carbocycles. The zero-order valence-electron chi connectivity index (χ0n) is 7.88. The Balaban J connectivity index is 2.93. The van der Waals surface area contributed by atoms with Crippen molar-refractivity contribution in [3.63, 3.8) is 0 Å². The van der Waals surface area contributed by atoms with Gasteiger partial charge in [0, 0.05) is 12.7 Å². The first-order valence-electron chi connectivity index (χ1n) is 4.16. The van der Waals surface area contributed by atoms with Crippen LogP contribution in [0, 0.1) is 12.7 Å². The maximum absolute atomic E-state index is 13.4. The maximum atomic E-state index is 13.4. The van der Waals surface area contributed by atoms with Crippen molar-refractivity contribution in [3.05, 3.63) is 35.1 Å². The molecular weight excluding hydrogens is 169 g/mol. The molecule has 1 atom stereocenters. The SMILES string of the molecule is COCC(N)c1cccc(C)c1F. The van der Waals surface area contributed by atoms with E-state index in [1.807, 2.05) is 0 Å². The Kier molecular flexibility index (Phi) is 3.39. The van der Waals surface area contributed by atoms with E-state index in [1.54, 1.807) is 32.2 Å². The standard InChI is InChI=1S/C10H14FNO/c1-7-4-3-5-8(10(7)11)9(12)6-13-2/h3-5,9H,6,12H2,1-2H3. The highest BCUT2D eigenvalue weighted by Crippen LogP contribution is 2.17. The molecule has 2 nitrogen and oxygen atoms in total. The number of rotatable bonds is 3. The third kappa shape index (κ3) is 2.26. The summed E-state index contributed by atoms with van der Waals surface area (Å²) in [5.41, 5.74) is 6.84. The van der Waals surface area contributed by atoms with Crippen LogP contribution in [0.3, 0.4) is 0 Å². The maximum Gasteiger partial charge on any atom is 0.130 e. The van der Waals surface area contributed by atoms with Crippen molar-refractivity contribution in [2.24, 2.45) is 5.73 Å². The second-order valence-corrected chi connectivity index (χ2v) is 3.04. The number of aryl methyl sites for hydroxylation is 1. The van der Waals surface area contributed by atoms with Crippen molar-refractivity contribution in [2.45, 2.75) is 13.0 Å². The van der Waals surface area contributed by atoms with Gasteiger partial charge in [-0.1, -0.05) is 18.2 Å². The van der Waals surface area contributed by atoms with Gasteiger partial charge in [-0.2, -0.15) is 0 Å². The molecule has 0 aliphatic rings. The Labute approximate surface area is 77.5 Å². The molecule has 0 heterocycles. The smallest absolute Gasteiger partial charge is 0.130 e. The average Bonchev–Trinajstić information content (AvgIpc) is 2.10. The van der Waals surface area contributed by atoms with Crippen LogP contribution >= 0.6 is 0 Å². The van der Waals surface area contributed by atoms with E-state index in [1.165, 1.54) is 0 Å². The number of ether oxygens (including phenoxy) is 1. The summed E-state index contributed by atoms with van der Waals surface area (Å²) in [6.45, 7) is 2.05. The van der Waals surface area contributed by atoms with Crippen LogP contribution in [0.15, 0.2) is 18.2 Å². The molecule has 0 fully saturated rings. The minimum atomic E-state index is -0.384. The number of benzene rings is 1. The van der Waals surface area contributed by atoms with Gasteiger partial charge in [-0.15, -0.1) is 0 Å². The molecule has 13 heavy (non-hydrogen) atoms. The predicted octanol–water partition coefficient (Wildman–Crippen LogP) is 1.78. The highest BCUT2D eigenvalue weighted by atomic mass is 19.1. The molecule has 0 spiro atoms. The first-order chi connectivity index (χ1) is 6.16. The van der Waals surface area contributed by atoms with E-state index >= 15 is 0 Å². The fraction of sp³-hybridized carbons (Fsp3) is 0.400. The van der Waals surface area contributed by atoms with Gasteiger partial charge in [-0.25, -0.2) is 4.39 Å². The quantitative estimate of drug-likeness (QED) is 0.775. The van der Waals surface area contributed by atoms with Crippen LogP contribution in [-0.2, 0) is 4.74 Å². The second kappa shape index (κ2) is 4.35. The molecule has 0 saturated carbocycles. The summed E-state index contributed by atoms with van der Waals surface area (Å²) in [6.07, 6.45) is 0. The number of hydrogen-bond acceptors (Lipinski definition) is 2. The van der Waals surface area contributed by atoms with Gasteiger partial charge in [0.05, 0.1) is 12.6 Å². The number of hydrogen-bond donors (Lipinski definition) is 1. The van der Waals surface area contributed by atoms with Crippen LogP contribution in [0.25, 0.3) is 0 Å². The van der Waals surface area contributed by atoms with E-state index in [0.717, 1.165) is 0 Å². The van der Waals surface area contributed by atoms with Crippen molar-refractivity contribution in [1.82, 2.24) is 0 Å². The summed E-state index contributed by atoms with van der Waals surface area (Å²) in [5.74, 6) is -0.230. The number of nitrogens with two attached hydrogens (primary N) is 1. The Hall–Kier alpha value is -0.930. The van der Waals surface area contributed by atoms with Crippen LogP contribution in [-0.4, -0.2) is 13.7 Å². The molecule has 0 bridgehead atoms. The largest absolute Gasteiger partial charge is 0.383 e. The predicted molar refractivity (Wildman–Crippen MR) is 49.9 cm³/mol. The molecule has 0 aliphatic heterocycles. The van der Waals surface area contributed by atoms with Crippen LogP contribution in [0.1, 0.15) is 17.2 Å². The molecule has 0 radical (unpaired) electrons. The average molecular weight is 183 g/mol. The lowest BCUT2D eigenvalue weighted by molar-refractivity contribution is 0.179. The van der Waals surface area contributed by atoms with Gasteiger partial charge in [0.1, 0.15) is 5.82 Å². The fourth-order valence-corrected chi connectivity index (χ4v) is 1.23. The van der Waals surface area contributed by atoms with Gasteiger partial charge in [0.15, 0.2) is 0 Å². The molecule has 0 aliphatic carbocycles. The molecule has 1 unspecified atom stereocenters. The molecule has 0 amide bonds. The molecule has 1 aromatic rings. The minimum absolute atomic E-state index is 0.230. The third-order valence-electron chi connectivity index (χ3n) is 1.97. The minimum Gasteiger partial charge on any atom is -0.383 e. The van der Waals surface area contributed by atoms with Crippen LogP contribution in [0.5, 0.6) is 0 Å². The van der Waals surface area contributed by atoms with E-state index in [-0.39, 0.29) is 11.9 Å². The van der Waals surface area contributed by atoms with Crippen LogP contribution < -0.4 is 5.73 Å². The van der Waals surface area contributed by atoms with E-state index in [9.17, 15) is 4.39 Å². The second-order valence-electron chi connectivity index (χ2n) is 3.04. The molecular formula is C10H14FNO. The van der Waals surface area contributed by atoms with Gasteiger partial charge < -0.3 is 10.5 Å². The Bertz CT molecular complexity index is 288. The van der Waals surface area contributed by atoms with Gasteiger partial charge in [-0.05, 0) is 12.5 Å². The zero-order valence-corrected chi connectivity index (χ0v) is 7.88. The number of methoxy groups -OCH3 is 1. The lowest BCUT2D eigenvalue weighted by Crippen LogP contribution is -2.17. The van der Waals surface area contributed by atoms with Crippen LogP contribution in [0.2, 0.25) is 0 Å². The summed E-state index contributed by atoms with van der Waals surface area (Å²) < 4.78 is 18.3. The lowest BCUT2D eigenvalue weighted by atomic mass is 10.0. The Morgan fingerprint density at radius 1 is 1.54 bits per heavy atom. The van der Waals surface area contributed by atoms with Gasteiger partial charge in [0.2, 0.25) is 0 Å². The molecule has 1 rings (SSSR count). The van der Waals surface area contributed by atoms with E-state index in [4.69, 9.17) is 10.5 Å². The first-order valence-corrected chi connectivity index (χ1v) is 4.16. The molecule has 72 valence electrons. The summed E-state index contributed by atoms with van der Waals surface area (Å²) in [6, 6.07) is 4.82. The molecule has 0 saturated heterocycles. The number of halogens is 1. The van der Waals surface area contributed by atoms with Crippen molar-refractivity contribution < 1.29 is 9.13 Å². The molecule has 3 heteroatoms. The van der Waals surface area contributed by atoms with Gasteiger partial charge in [0.25, 0.3) is 0 Å². The van der Waals surface area contributed by atoms with E-state index in [0.29, 0.717) is 17.7 Å². The third-order valence-corrected chi connectivity index (χ3v) is 1.97. The highest BCUT2D eigenvalue weighted by molar-refractivity contribution is 5.27. The summed E-state index contributed by atoms with van der Waals surface area (Å²) in [7, 11) is 1.55. The molecule has 2 N–H and O–H groups in total. The van der Waals surface area contributed by atoms with E-state index in [2.05, 4.69) is 0 Å². The Morgan fingerprint density at radius 3 is 2.85 bits per heavy atom. The topological polar surface area (TPSA) is 35.2 Å².